The van der Waals surface area contributed by atoms with Crippen LogP contribution in [0.5, 0.6) is 0 Å². The predicted octanol–water partition coefficient (Wildman–Crippen LogP) is 1.81. The topological polar surface area (TPSA) is 66.4 Å². The van der Waals surface area contributed by atoms with Gasteiger partial charge in [0.15, 0.2) is 0 Å². The molecular weight excluding hydrogens is 274 g/mol. The van der Waals surface area contributed by atoms with E-state index in [0.29, 0.717) is 12.8 Å². The summed E-state index contributed by atoms with van der Waals surface area (Å²) in [6.45, 7) is 3.69. The van der Waals surface area contributed by atoms with E-state index in [2.05, 4.69) is 16.6 Å². The monoisotopic (exact) mass is 295 g/mol. The van der Waals surface area contributed by atoms with Gasteiger partial charge in [-0.15, -0.1) is 0 Å². The summed E-state index contributed by atoms with van der Waals surface area (Å²) in [5.74, 6) is 5.92. The molecule has 1 atom stereocenters. The zero-order chi connectivity index (χ0) is 15.0. The molecule has 110 valence electrons. The van der Waals surface area contributed by atoms with Crippen molar-refractivity contribution in [3.8, 4) is 11.8 Å². The van der Waals surface area contributed by atoms with Crippen molar-refractivity contribution in [2.45, 2.75) is 32.7 Å². The Morgan fingerprint density at radius 3 is 2.80 bits per heavy atom. The minimum Gasteiger partial charge on any atom is -0.395 e. The van der Waals surface area contributed by atoms with Crippen LogP contribution in [0.3, 0.4) is 0 Å². The molecule has 0 aromatic heterocycles. The molecular formula is C15H21NO3S. The largest absolute Gasteiger partial charge is 0.395 e. The van der Waals surface area contributed by atoms with Gasteiger partial charge in [0, 0.05) is 18.0 Å². The van der Waals surface area contributed by atoms with Crippen molar-refractivity contribution < 1.29 is 13.5 Å². The Bertz CT molecular complexity index is 585. The smallest absolute Gasteiger partial charge is 0.212 e. The molecule has 0 aliphatic heterocycles. The third-order valence-electron chi connectivity index (χ3n) is 2.69. The molecule has 0 aliphatic rings. The first-order chi connectivity index (χ1) is 9.48. The fourth-order valence-corrected chi connectivity index (χ4v) is 3.10. The molecule has 0 spiro atoms. The lowest BCUT2D eigenvalue weighted by Gasteiger charge is -2.14. The lowest BCUT2D eigenvalue weighted by atomic mass is 10.1. The molecule has 0 radical (unpaired) electrons. The van der Waals surface area contributed by atoms with E-state index in [1.165, 1.54) is 0 Å². The van der Waals surface area contributed by atoms with Crippen LogP contribution < -0.4 is 4.72 Å². The van der Waals surface area contributed by atoms with E-state index in [0.717, 1.165) is 11.1 Å². The fraction of sp³-hybridized carbons (Fsp3) is 0.467. The third-order valence-corrected chi connectivity index (χ3v) is 4.34. The second kappa shape index (κ2) is 8.05. The van der Waals surface area contributed by atoms with Gasteiger partial charge in [0.25, 0.3) is 0 Å². The van der Waals surface area contributed by atoms with Crippen LogP contribution in [0.1, 0.15) is 43.9 Å². The molecule has 1 unspecified atom stereocenters. The van der Waals surface area contributed by atoms with E-state index in [-0.39, 0.29) is 18.4 Å². The van der Waals surface area contributed by atoms with E-state index in [1.54, 1.807) is 0 Å². The lowest BCUT2D eigenvalue weighted by Crippen LogP contribution is -2.28. The van der Waals surface area contributed by atoms with Crippen LogP contribution in [0, 0.1) is 11.8 Å². The Kier molecular flexibility index (Phi) is 6.73. The summed E-state index contributed by atoms with van der Waals surface area (Å²) in [6, 6.07) is 7.16. The summed E-state index contributed by atoms with van der Waals surface area (Å²) in [5, 5.41) is 8.69. The molecule has 4 nitrogen and oxygen atoms in total. The lowest BCUT2D eigenvalue weighted by molar-refractivity contribution is 0.305. The van der Waals surface area contributed by atoms with Gasteiger partial charge in [-0.1, -0.05) is 30.9 Å². The van der Waals surface area contributed by atoms with Gasteiger partial charge < -0.3 is 5.11 Å². The van der Waals surface area contributed by atoms with Gasteiger partial charge in [-0.05, 0) is 31.0 Å². The molecule has 0 saturated heterocycles. The molecule has 1 rings (SSSR count). The van der Waals surface area contributed by atoms with E-state index in [4.69, 9.17) is 5.11 Å². The fourth-order valence-electron chi connectivity index (χ4n) is 1.77. The number of hydrogen-bond acceptors (Lipinski definition) is 3. The molecule has 0 heterocycles. The van der Waals surface area contributed by atoms with Crippen molar-refractivity contribution in [1.82, 2.24) is 4.72 Å². The third kappa shape index (κ3) is 5.74. The Hall–Kier alpha value is -1.35. The SMILES string of the molecule is CCCS(=O)(=O)NC(C)c1cccc(C#CCCO)c1. The molecule has 20 heavy (non-hydrogen) atoms. The number of aliphatic hydroxyl groups excluding tert-OH is 1. The first-order valence-corrected chi connectivity index (χ1v) is 8.33. The maximum Gasteiger partial charge on any atom is 0.212 e. The van der Waals surface area contributed by atoms with Crippen molar-refractivity contribution in [2.75, 3.05) is 12.4 Å². The number of benzene rings is 1. The molecule has 1 aromatic carbocycles. The van der Waals surface area contributed by atoms with Gasteiger partial charge in [0.2, 0.25) is 10.0 Å². The highest BCUT2D eigenvalue weighted by atomic mass is 32.2. The van der Waals surface area contributed by atoms with Gasteiger partial charge in [-0.25, -0.2) is 13.1 Å². The van der Waals surface area contributed by atoms with Crippen molar-refractivity contribution in [3.05, 3.63) is 35.4 Å². The average Bonchev–Trinajstić information content (AvgIpc) is 2.38. The summed E-state index contributed by atoms with van der Waals surface area (Å²) in [6.07, 6.45) is 1.03. The van der Waals surface area contributed by atoms with E-state index in [9.17, 15) is 8.42 Å². The second-order valence-electron chi connectivity index (χ2n) is 4.56. The van der Waals surface area contributed by atoms with Crippen LogP contribution in [0.25, 0.3) is 0 Å². The van der Waals surface area contributed by atoms with E-state index < -0.39 is 10.0 Å². The van der Waals surface area contributed by atoms with Crippen LogP contribution in [-0.2, 0) is 10.0 Å². The van der Waals surface area contributed by atoms with Gasteiger partial charge in [0.1, 0.15) is 0 Å². The molecule has 0 saturated carbocycles. The average molecular weight is 295 g/mol. The second-order valence-corrected chi connectivity index (χ2v) is 6.43. The number of sulfonamides is 1. The zero-order valence-electron chi connectivity index (χ0n) is 11.9. The number of nitrogens with one attached hydrogen (secondary N) is 1. The molecule has 0 fully saturated rings. The van der Waals surface area contributed by atoms with Crippen LogP contribution >= 0.6 is 0 Å². The summed E-state index contributed by atoms with van der Waals surface area (Å²) < 4.78 is 26.1. The van der Waals surface area contributed by atoms with Crippen LogP contribution in [0.4, 0.5) is 0 Å². The summed E-state index contributed by atoms with van der Waals surface area (Å²) in [5.41, 5.74) is 1.69. The van der Waals surface area contributed by atoms with Gasteiger partial charge in [-0.3, -0.25) is 0 Å². The number of hydrogen-bond donors (Lipinski definition) is 2. The summed E-state index contributed by atoms with van der Waals surface area (Å²) in [7, 11) is -3.23. The maximum absolute atomic E-state index is 11.7. The van der Waals surface area contributed by atoms with Crippen LogP contribution in [0.2, 0.25) is 0 Å². The van der Waals surface area contributed by atoms with Crippen molar-refractivity contribution in [3.63, 3.8) is 0 Å². The van der Waals surface area contributed by atoms with E-state index >= 15 is 0 Å². The standard InChI is InChI=1S/C15H21NO3S/c1-3-11-20(18,19)16-13(2)15-9-6-8-14(12-15)7-4-5-10-17/h6,8-9,12-13,16-17H,3,5,10-11H2,1-2H3. The molecule has 0 amide bonds. The molecule has 0 aliphatic carbocycles. The number of rotatable bonds is 6. The normalized spacial score (nSPS) is 12.6. The number of aliphatic hydroxyl groups is 1. The highest BCUT2D eigenvalue weighted by Crippen LogP contribution is 2.15. The molecule has 1 aromatic rings. The predicted molar refractivity (Wildman–Crippen MR) is 80.7 cm³/mol. The van der Waals surface area contributed by atoms with E-state index in [1.807, 2.05) is 38.1 Å². The Morgan fingerprint density at radius 2 is 2.15 bits per heavy atom. The van der Waals surface area contributed by atoms with Gasteiger partial charge >= 0.3 is 0 Å². The van der Waals surface area contributed by atoms with Crippen molar-refractivity contribution in [1.29, 1.82) is 0 Å². The highest BCUT2D eigenvalue weighted by Gasteiger charge is 2.14. The minimum atomic E-state index is -3.23. The van der Waals surface area contributed by atoms with Crippen molar-refractivity contribution >= 4 is 10.0 Å². The quantitative estimate of drug-likeness (QED) is 0.787. The summed E-state index contributed by atoms with van der Waals surface area (Å²) >= 11 is 0. The molecule has 2 N–H and O–H groups in total. The Balaban J connectivity index is 2.82. The first-order valence-electron chi connectivity index (χ1n) is 6.68. The Morgan fingerprint density at radius 1 is 1.40 bits per heavy atom. The Labute approximate surface area is 121 Å². The van der Waals surface area contributed by atoms with Crippen LogP contribution in [-0.4, -0.2) is 25.9 Å². The molecule has 5 heteroatoms. The zero-order valence-corrected chi connectivity index (χ0v) is 12.7. The maximum atomic E-state index is 11.7. The van der Waals surface area contributed by atoms with Crippen molar-refractivity contribution in [2.24, 2.45) is 0 Å². The summed E-state index contributed by atoms with van der Waals surface area (Å²) in [4.78, 5) is 0. The minimum absolute atomic E-state index is 0.0416. The first kappa shape index (κ1) is 16.7. The van der Waals surface area contributed by atoms with Gasteiger partial charge in [-0.2, -0.15) is 0 Å². The highest BCUT2D eigenvalue weighted by molar-refractivity contribution is 7.89. The van der Waals surface area contributed by atoms with Crippen LogP contribution in [0.15, 0.2) is 24.3 Å². The molecule has 0 bridgehead atoms. The van der Waals surface area contributed by atoms with Gasteiger partial charge in [0.05, 0.1) is 12.4 Å².